The van der Waals surface area contributed by atoms with Crippen molar-refractivity contribution in [3.8, 4) is 0 Å². The number of carbonyl (C=O) groups excluding carboxylic acids is 1. The predicted octanol–water partition coefficient (Wildman–Crippen LogP) is 3.02. The molecule has 4 heteroatoms. The Morgan fingerprint density at radius 3 is 2.26 bits per heavy atom. The Hall–Kier alpha value is -0.770. The van der Waals surface area contributed by atoms with E-state index in [1.54, 1.807) is 0 Å². The Labute approximate surface area is 117 Å². The van der Waals surface area contributed by atoms with Crippen molar-refractivity contribution in [2.24, 2.45) is 5.41 Å². The summed E-state index contributed by atoms with van der Waals surface area (Å²) in [5, 5.41) is 3.57. The number of nitrogens with one attached hydrogen (secondary N) is 1. The summed E-state index contributed by atoms with van der Waals surface area (Å²) in [4.78, 5) is 14.0. The van der Waals surface area contributed by atoms with Crippen molar-refractivity contribution < 1.29 is 9.53 Å². The van der Waals surface area contributed by atoms with E-state index in [2.05, 4.69) is 33.0 Å². The van der Waals surface area contributed by atoms with E-state index in [0.717, 1.165) is 19.5 Å². The van der Waals surface area contributed by atoms with Crippen molar-refractivity contribution in [3.05, 3.63) is 0 Å². The molecule has 112 valence electrons. The van der Waals surface area contributed by atoms with Gasteiger partial charge in [-0.3, -0.25) is 0 Å². The third-order valence-corrected chi connectivity index (χ3v) is 2.97. The van der Waals surface area contributed by atoms with Gasteiger partial charge in [0.25, 0.3) is 0 Å². The SMILES string of the molecule is C[C@@H]1CN(C(=O)OC(C)(C)C)CC(CC(C)(C)C)N1. The number of hydrogen-bond donors (Lipinski definition) is 1. The maximum Gasteiger partial charge on any atom is 0.410 e. The van der Waals surface area contributed by atoms with Gasteiger partial charge >= 0.3 is 6.09 Å². The van der Waals surface area contributed by atoms with Crippen LogP contribution in [0.15, 0.2) is 0 Å². The molecule has 0 aromatic heterocycles. The van der Waals surface area contributed by atoms with E-state index in [1.165, 1.54) is 0 Å². The molecule has 19 heavy (non-hydrogen) atoms. The van der Waals surface area contributed by atoms with E-state index in [4.69, 9.17) is 4.74 Å². The molecule has 1 aliphatic rings. The average Bonchev–Trinajstić information content (AvgIpc) is 2.10. The Morgan fingerprint density at radius 1 is 1.21 bits per heavy atom. The van der Waals surface area contributed by atoms with Gasteiger partial charge in [-0.2, -0.15) is 0 Å². The van der Waals surface area contributed by atoms with Crippen LogP contribution in [0.25, 0.3) is 0 Å². The quantitative estimate of drug-likeness (QED) is 0.796. The summed E-state index contributed by atoms with van der Waals surface area (Å²) in [5.74, 6) is 0. The predicted molar refractivity (Wildman–Crippen MR) is 78.3 cm³/mol. The lowest BCUT2D eigenvalue weighted by atomic mass is 9.87. The van der Waals surface area contributed by atoms with Gasteiger partial charge in [0.05, 0.1) is 0 Å². The topological polar surface area (TPSA) is 41.6 Å². The van der Waals surface area contributed by atoms with Crippen LogP contribution in [-0.4, -0.2) is 41.8 Å². The lowest BCUT2D eigenvalue weighted by Crippen LogP contribution is -2.58. The maximum atomic E-state index is 12.1. The summed E-state index contributed by atoms with van der Waals surface area (Å²) >= 11 is 0. The zero-order valence-electron chi connectivity index (χ0n) is 13.5. The first-order chi connectivity index (χ1) is 8.46. The summed E-state index contributed by atoms with van der Waals surface area (Å²) in [6, 6.07) is 0.657. The van der Waals surface area contributed by atoms with Gasteiger partial charge in [0.1, 0.15) is 5.60 Å². The highest BCUT2D eigenvalue weighted by Crippen LogP contribution is 2.23. The van der Waals surface area contributed by atoms with E-state index in [0.29, 0.717) is 12.1 Å². The minimum Gasteiger partial charge on any atom is -0.444 e. The molecule has 4 nitrogen and oxygen atoms in total. The van der Waals surface area contributed by atoms with E-state index in [9.17, 15) is 4.79 Å². The molecule has 0 aromatic carbocycles. The second-order valence-corrected chi connectivity index (χ2v) is 7.91. The monoisotopic (exact) mass is 270 g/mol. The van der Waals surface area contributed by atoms with Crippen molar-refractivity contribution in [1.29, 1.82) is 0 Å². The summed E-state index contributed by atoms with van der Waals surface area (Å²) in [5.41, 5.74) is -0.168. The number of hydrogen-bond acceptors (Lipinski definition) is 3. The fourth-order valence-corrected chi connectivity index (χ4v) is 2.52. The molecule has 0 spiro atoms. The second kappa shape index (κ2) is 5.70. The largest absolute Gasteiger partial charge is 0.444 e. The second-order valence-electron chi connectivity index (χ2n) is 7.91. The van der Waals surface area contributed by atoms with Crippen LogP contribution >= 0.6 is 0 Å². The first-order valence-electron chi connectivity index (χ1n) is 7.20. The van der Waals surface area contributed by atoms with Gasteiger partial charge < -0.3 is 15.0 Å². The number of amides is 1. The van der Waals surface area contributed by atoms with Gasteiger partial charge in [-0.05, 0) is 39.5 Å². The van der Waals surface area contributed by atoms with Gasteiger partial charge in [-0.1, -0.05) is 20.8 Å². The molecule has 1 amide bonds. The molecule has 0 bridgehead atoms. The van der Waals surface area contributed by atoms with Gasteiger partial charge in [0.15, 0.2) is 0 Å². The van der Waals surface area contributed by atoms with Crippen molar-refractivity contribution >= 4 is 6.09 Å². The molecule has 0 saturated carbocycles. The third kappa shape index (κ3) is 6.28. The summed E-state index contributed by atoms with van der Waals surface area (Å²) in [6.07, 6.45) is 0.858. The van der Waals surface area contributed by atoms with Gasteiger partial charge in [-0.15, -0.1) is 0 Å². The van der Waals surface area contributed by atoms with Gasteiger partial charge in [-0.25, -0.2) is 4.79 Å². The number of carbonyl (C=O) groups is 1. The molecule has 1 rings (SSSR count). The van der Waals surface area contributed by atoms with E-state index >= 15 is 0 Å². The summed E-state index contributed by atoms with van der Waals surface area (Å²) in [7, 11) is 0. The van der Waals surface area contributed by atoms with Crippen LogP contribution in [0.5, 0.6) is 0 Å². The highest BCUT2D eigenvalue weighted by Gasteiger charge is 2.32. The highest BCUT2D eigenvalue weighted by atomic mass is 16.6. The Morgan fingerprint density at radius 2 is 1.79 bits per heavy atom. The minimum absolute atomic E-state index is 0.195. The van der Waals surface area contributed by atoms with Crippen LogP contribution in [0, 0.1) is 5.41 Å². The molecular weight excluding hydrogens is 240 g/mol. The van der Waals surface area contributed by atoms with Crippen LogP contribution in [0.4, 0.5) is 4.79 Å². The zero-order chi connectivity index (χ0) is 14.8. The number of ether oxygens (including phenoxy) is 1. The van der Waals surface area contributed by atoms with Crippen LogP contribution in [0.1, 0.15) is 54.9 Å². The van der Waals surface area contributed by atoms with Crippen LogP contribution in [0.2, 0.25) is 0 Å². The molecule has 1 saturated heterocycles. The molecule has 0 aliphatic carbocycles. The fourth-order valence-electron chi connectivity index (χ4n) is 2.52. The minimum atomic E-state index is -0.426. The lowest BCUT2D eigenvalue weighted by Gasteiger charge is -2.40. The van der Waals surface area contributed by atoms with Crippen LogP contribution < -0.4 is 5.32 Å². The molecule has 1 unspecified atom stereocenters. The Bertz CT molecular complexity index is 315. The molecular formula is C15H30N2O2. The van der Waals surface area contributed by atoms with E-state index < -0.39 is 5.60 Å². The maximum absolute atomic E-state index is 12.1. The number of rotatable bonds is 1. The van der Waals surface area contributed by atoms with Gasteiger partial charge in [0.2, 0.25) is 0 Å². The van der Waals surface area contributed by atoms with E-state index in [-0.39, 0.29) is 11.5 Å². The molecule has 0 radical (unpaired) electrons. The zero-order valence-corrected chi connectivity index (χ0v) is 13.5. The van der Waals surface area contributed by atoms with Crippen LogP contribution in [0.3, 0.4) is 0 Å². The summed E-state index contributed by atoms with van der Waals surface area (Å²) in [6.45, 7) is 16.0. The summed E-state index contributed by atoms with van der Waals surface area (Å²) < 4.78 is 5.46. The van der Waals surface area contributed by atoms with Crippen molar-refractivity contribution in [3.63, 3.8) is 0 Å². The Kier molecular flexibility index (Phi) is 4.88. The number of nitrogens with zero attached hydrogens (tertiary/aromatic N) is 1. The third-order valence-electron chi connectivity index (χ3n) is 2.97. The molecule has 2 atom stereocenters. The molecule has 1 fully saturated rings. The highest BCUT2D eigenvalue weighted by molar-refractivity contribution is 5.68. The van der Waals surface area contributed by atoms with Crippen molar-refractivity contribution in [2.45, 2.75) is 72.6 Å². The van der Waals surface area contributed by atoms with E-state index in [1.807, 2.05) is 25.7 Å². The fraction of sp³-hybridized carbons (Fsp3) is 0.933. The molecule has 1 heterocycles. The van der Waals surface area contributed by atoms with Crippen molar-refractivity contribution in [2.75, 3.05) is 13.1 Å². The lowest BCUT2D eigenvalue weighted by molar-refractivity contribution is 0.0141. The van der Waals surface area contributed by atoms with Crippen molar-refractivity contribution in [1.82, 2.24) is 10.2 Å². The smallest absolute Gasteiger partial charge is 0.410 e. The molecule has 1 aliphatic heterocycles. The first-order valence-corrected chi connectivity index (χ1v) is 7.20. The molecule has 0 aromatic rings. The average molecular weight is 270 g/mol. The Balaban J connectivity index is 2.62. The normalized spacial score (nSPS) is 25.3. The molecule has 1 N–H and O–H groups in total. The number of piperazine rings is 1. The standard InChI is InChI=1S/C15H30N2O2/c1-11-9-17(13(18)19-15(5,6)7)10-12(16-11)8-14(2,3)4/h11-12,16H,8-10H2,1-7H3/t11-,12?/m1/s1. The first kappa shape index (κ1) is 16.3. The van der Waals surface area contributed by atoms with Gasteiger partial charge in [0, 0.05) is 25.2 Å². The van der Waals surface area contributed by atoms with Crippen LogP contribution in [-0.2, 0) is 4.74 Å².